The Hall–Kier alpha value is -1.97. The van der Waals surface area contributed by atoms with Crippen molar-refractivity contribution in [3.63, 3.8) is 0 Å². The molecule has 2 aliphatic rings. The number of benzene rings is 1. The molecule has 2 N–H and O–H groups in total. The number of rotatable bonds is 1. The Bertz CT molecular complexity index is 700. The van der Waals surface area contributed by atoms with E-state index in [4.69, 9.17) is 0 Å². The minimum atomic E-state index is 0.131. The molecule has 23 heavy (non-hydrogen) atoms. The second-order valence-corrected chi connectivity index (χ2v) is 6.90. The van der Waals surface area contributed by atoms with Crippen LogP contribution in [0.3, 0.4) is 0 Å². The normalized spacial score (nSPS) is 19.4. The quantitative estimate of drug-likeness (QED) is 0.830. The highest BCUT2D eigenvalue weighted by atomic mass is 16.2. The van der Waals surface area contributed by atoms with Crippen molar-refractivity contribution in [3.8, 4) is 0 Å². The predicted octanol–water partition coefficient (Wildman–Crippen LogP) is 3.61. The van der Waals surface area contributed by atoms with E-state index in [2.05, 4.69) is 34.6 Å². The van der Waals surface area contributed by atoms with Crippen molar-refractivity contribution in [1.82, 2.24) is 15.2 Å². The van der Waals surface area contributed by atoms with Crippen LogP contribution in [0.4, 0.5) is 4.79 Å². The van der Waals surface area contributed by atoms with Gasteiger partial charge in [-0.2, -0.15) is 0 Å². The molecule has 2 heterocycles. The average molecular weight is 311 g/mol. The van der Waals surface area contributed by atoms with Crippen LogP contribution in [-0.4, -0.2) is 35.0 Å². The highest BCUT2D eigenvalue weighted by Gasteiger charge is 2.23. The predicted molar refractivity (Wildman–Crippen MR) is 92.7 cm³/mol. The highest BCUT2D eigenvalue weighted by molar-refractivity contribution is 5.85. The minimum Gasteiger partial charge on any atom is -0.358 e. The molecule has 2 aromatic rings. The second kappa shape index (κ2) is 6.26. The molecule has 4 heteroatoms. The molecule has 1 fully saturated rings. The Balaban J connectivity index is 1.44. The van der Waals surface area contributed by atoms with E-state index in [9.17, 15) is 4.79 Å². The number of H-pyrrole nitrogens is 1. The molecule has 1 aliphatic heterocycles. The van der Waals surface area contributed by atoms with Crippen LogP contribution in [0.1, 0.15) is 43.4 Å². The third-order valence-corrected chi connectivity index (χ3v) is 5.39. The van der Waals surface area contributed by atoms with Gasteiger partial charge in [-0.05, 0) is 30.9 Å². The Kier molecular flexibility index (Phi) is 3.98. The first kappa shape index (κ1) is 14.6. The van der Waals surface area contributed by atoms with Crippen LogP contribution in [0.25, 0.3) is 10.9 Å². The lowest BCUT2D eigenvalue weighted by Crippen LogP contribution is -2.46. The van der Waals surface area contributed by atoms with Gasteiger partial charge in [0.25, 0.3) is 0 Å². The molecule has 122 valence electrons. The zero-order chi connectivity index (χ0) is 15.6. The van der Waals surface area contributed by atoms with Crippen molar-refractivity contribution >= 4 is 16.9 Å². The number of aromatic amines is 1. The van der Waals surface area contributed by atoms with E-state index in [-0.39, 0.29) is 6.03 Å². The topological polar surface area (TPSA) is 48.1 Å². The third-order valence-electron chi connectivity index (χ3n) is 5.39. The van der Waals surface area contributed by atoms with Crippen LogP contribution in [0.2, 0.25) is 0 Å². The number of nitrogens with one attached hydrogen (secondary N) is 2. The number of carbonyl (C=O) groups excluding carboxylic acids is 1. The van der Waals surface area contributed by atoms with Crippen molar-refractivity contribution in [2.45, 2.75) is 51.0 Å². The SMILES string of the molecule is O=C(NC1CCCCC1)N1CCc2[nH]c3ccccc3c2CC1. The van der Waals surface area contributed by atoms with E-state index in [1.807, 2.05) is 4.90 Å². The van der Waals surface area contributed by atoms with Gasteiger partial charge >= 0.3 is 6.03 Å². The van der Waals surface area contributed by atoms with Gasteiger partial charge < -0.3 is 15.2 Å². The van der Waals surface area contributed by atoms with Crippen LogP contribution < -0.4 is 5.32 Å². The Morgan fingerprint density at radius 1 is 1.09 bits per heavy atom. The number of fused-ring (bicyclic) bond motifs is 3. The zero-order valence-corrected chi connectivity index (χ0v) is 13.6. The van der Waals surface area contributed by atoms with Crippen molar-refractivity contribution in [1.29, 1.82) is 0 Å². The van der Waals surface area contributed by atoms with Gasteiger partial charge in [-0.15, -0.1) is 0 Å². The van der Waals surface area contributed by atoms with Crippen LogP contribution in [0.15, 0.2) is 24.3 Å². The Morgan fingerprint density at radius 3 is 2.74 bits per heavy atom. The number of amides is 2. The maximum Gasteiger partial charge on any atom is 0.317 e. The summed E-state index contributed by atoms with van der Waals surface area (Å²) in [6, 6.07) is 9.00. The smallest absolute Gasteiger partial charge is 0.317 e. The van der Waals surface area contributed by atoms with Gasteiger partial charge in [0.15, 0.2) is 0 Å². The summed E-state index contributed by atoms with van der Waals surface area (Å²) in [5.41, 5.74) is 3.92. The maximum absolute atomic E-state index is 12.6. The first-order valence-corrected chi connectivity index (χ1v) is 8.95. The van der Waals surface area contributed by atoms with Crippen molar-refractivity contribution < 1.29 is 4.79 Å². The molecule has 0 saturated heterocycles. The van der Waals surface area contributed by atoms with E-state index in [1.165, 1.54) is 41.4 Å². The molecule has 4 rings (SSSR count). The number of hydrogen-bond donors (Lipinski definition) is 2. The average Bonchev–Trinajstić information content (AvgIpc) is 2.80. The number of aromatic nitrogens is 1. The minimum absolute atomic E-state index is 0.131. The van der Waals surface area contributed by atoms with Gasteiger partial charge in [-0.25, -0.2) is 4.79 Å². The molecular formula is C19H25N3O. The zero-order valence-electron chi connectivity index (χ0n) is 13.6. The molecule has 1 saturated carbocycles. The lowest BCUT2D eigenvalue weighted by atomic mass is 9.96. The van der Waals surface area contributed by atoms with Gasteiger partial charge in [-0.1, -0.05) is 37.5 Å². The number of hydrogen-bond acceptors (Lipinski definition) is 1. The fraction of sp³-hybridized carbons (Fsp3) is 0.526. The maximum atomic E-state index is 12.6. The fourth-order valence-corrected chi connectivity index (χ4v) is 4.08. The van der Waals surface area contributed by atoms with Crippen LogP contribution in [-0.2, 0) is 12.8 Å². The van der Waals surface area contributed by atoms with Gasteiger partial charge in [0.1, 0.15) is 0 Å². The first-order chi connectivity index (χ1) is 11.3. The Labute approximate surface area is 137 Å². The summed E-state index contributed by atoms with van der Waals surface area (Å²) < 4.78 is 0. The number of urea groups is 1. The van der Waals surface area contributed by atoms with Gasteiger partial charge in [0, 0.05) is 42.1 Å². The third kappa shape index (κ3) is 2.94. The molecule has 0 radical (unpaired) electrons. The summed E-state index contributed by atoms with van der Waals surface area (Å²) in [7, 11) is 0. The standard InChI is InChI=1S/C19H25N3O/c23-19(20-14-6-2-1-3-7-14)22-12-10-16-15-8-4-5-9-17(15)21-18(16)11-13-22/h4-5,8-9,14,21H,1-3,6-7,10-13H2,(H,20,23). The van der Waals surface area contributed by atoms with Crippen molar-refractivity contribution in [2.75, 3.05) is 13.1 Å². The Morgan fingerprint density at radius 2 is 1.87 bits per heavy atom. The summed E-state index contributed by atoms with van der Waals surface area (Å²) >= 11 is 0. The molecule has 1 aromatic carbocycles. The van der Waals surface area contributed by atoms with Crippen LogP contribution >= 0.6 is 0 Å². The van der Waals surface area contributed by atoms with E-state index in [0.717, 1.165) is 38.8 Å². The number of nitrogens with zero attached hydrogens (tertiary/aromatic N) is 1. The summed E-state index contributed by atoms with van der Waals surface area (Å²) in [6.45, 7) is 1.62. The molecule has 0 spiro atoms. The van der Waals surface area contributed by atoms with Crippen LogP contribution in [0.5, 0.6) is 0 Å². The highest BCUT2D eigenvalue weighted by Crippen LogP contribution is 2.26. The largest absolute Gasteiger partial charge is 0.358 e. The van der Waals surface area contributed by atoms with E-state index < -0.39 is 0 Å². The van der Waals surface area contributed by atoms with Crippen LogP contribution in [0, 0.1) is 0 Å². The summed E-state index contributed by atoms with van der Waals surface area (Å²) in [5, 5.41) is 4.57. The van der Waals surface area contributed by atoms with E-state index in [1.54, 1.807) is 0 Å². The molecule has 2 amide bonds. The molecule has 1 aromatic heterocycles. The molecule has 0 atom stereocenters. The van der Waals surface area contributed by atoms with E-state index >= 15 is 0 Å². The summed E-state index contributed by atoms with van der Waals surface area (Å²) in [6.07, 6.45) is 7.97. The lowest BCUT2D eigenvalue weighted by Gasteiger charge is -2.27. The van der Waals surface area contributed by atoms with Crippen molar-refractivity contribution in [3.05, 3.63) is 35.5 Å². The molecule has 4 nitrogen and oxygen atoms in total. The molecular weight excluding hydrogens is 286 g/mol. The number of para-hydroxylation sites is 1. The van der Waals surface area contributed by atoms with Gasteiger partial charge in [0.2, 0.25) is 0 Å². The second-order valence-electron chi connectivity index (χ2n) is 6.90. The fourth-order valence-electron chi connectivity index (χ4n) is 4.08. The molecule has 0 bridgehead atoms. The van der Waals surface area contributed by atoms with Gasteiger partial charge in [0.05, 0.1) is 0 Å². The molecule has 0 unspecified atom stereocenters. The van der Waals surface area contributed by atoms with Crippen molar-refractivity contribution in [2.24, 2.45) is 0 Å². The van der Waals surface area contributed by atoms with E-state index in [0.29, 0.717) is 6.04 Å². The summed E-state index contributed by atoms with van der Waals surface area (Å²) in [4.78, 5) is 18.1. The monoisotopic (exact) mass is 311 g/mol. The molecule has 1 aliphatic carbocycles. The first-order valence-electron chi connectivity index (χ1n) is 8.95. The lowest BCUT2D eigenvalue weighted by molar-refractivity contribution is 0.192. The van der Waals surface area contributed by atoms with Gasteiger partial charge in [-0.3, -0.25) is 0 Å². The summed E-state index contributed by atoms with van der Waals surface area (Å²) in [5.74, 6) is 0. The number of carbonyl (C=O) groups is 1.